The van der Waals surface area contributed by atoms with Gasteiger partial charge in [-0.25, -0.2) is 4.39 Å². The Morgan fingerprint density at radius 2 is 2.11 bits per heavy atom. The van der Waals surface area contributed by atoms with Crippen LogP contribution in [-0.2, 0) is 4.74 Å². The van der Waals surface area contributed by atoms with Gasteiger partial charge in [0.15, 0.2) is 0 Å². The Kier molecular flexibility index (Phi) is 3.38. The van der Waals surface area contributed by atoms with Crippen molar-refractivity contribution < 1.29 is 9.13 Å². The third kappa shape index (κ3) is 2.31. The van der Waals surface area contributed by atoms with Crippen molar-refractivity contribution >= 4 is 0 Å². The van der Waals surface area contributed by atoms with Crippen molar-refractivity contribution in [3.63, 3.8) is 0 Å². The summed E-state index contributed by atoms with van der Waals surface area (Å²) in [6, 6.07) is 8.58. The molecule has 1 saturated carbocycles. The molecular weight excluding hydrogens is 227 g/mol. The van der Waals surface area contributed by atoms with Gasteiger partial charge in [-0.05, 0) is 50.0 Å². The average molecular weight is 248 g/mol. The van der Waals surface area contributed by atoms with Crippen molar-refractivity contribution in [2.75, 3.05) is 6.61 Å². The summed E-state index contributed by atoms with van der Waals surface area (Å²) in [5.41, 5.74) is 2.56. The zero-order valence-corrected chi connectivity index (χ0v) is 10.9. The minimum Gasteiger partial charge on any atom is -0.373 e. The zero-order chi connectivity index (χ0) is 12.5. The molecule has 98 valence electrons. The molecule has 1 nitrogen and oxygen atoms in total. The Labute approximate surface area is 108 Å². The number of alkyl halides is 1. The average Bonchev–Trinajstić information content (AvgIpc) is 2.37. The van der Waals surface area contributed by atoms with E-state index in [1.807, 2.05) is 0 Å². The van der Waals surface area contributed by atoms with Crippen molar-refractivity contribution in [1.29, 1.82) is 0 Å². The van der Waals surface area contributed by atoms with Gasteiger partial charge < -0.3 is 4.74 Å². The highest BCUT2D eigenvalue weighted by atomic mass is 19.1. The van der Waals surface area contributed by atoms with Gasteiger partial charge in [0.05, 0.1) is 6.10 Å². The molecule has 0 bridgehead atoms. The lowest BCUT2D eigenvalue weighted by Gasteiger charge is -2.42. The van der Waals surface area contributed by atoms with Crippen LogP contribution in [0.15, 0.2) is 24.3 Å². The Balaban J connectivity index is 1.83. The topological polar surface area (TPSA) is 9.23 Å². The quantitative estimate of drug-likeness (QED) is 0.723. The summed E-state index contributed by atoms with van der Waals surface area (Å²) in [5, 5.41) is 0. The molecule has 1 saturated heterocycles. The number of rotatable bonds is 1. The molecule has 1 aromatic rings. The summed E-state index contributed by atoms with van der Waals surface area (Å²) in [6.07, 6.45) is 3.08. The number of ether oxygens (including phenoxy) is 1. The van der Waals surface area contributed by atoms with Gasteiger partial charge in [0.25, 0.3) is 0 Å². The lowest BCUT2D eigenvalue weighted by molar-refractivity contribution is -0.0832. The predicted octanol–water partition coefficient (Wildman–Crippen LogP) is 4.21. The van der Waals surface area contributed by atoms with Crippen LogP contribution in [-0.4, -0.2) is 12.8 Å². The van der Waals surface area contributed by atoms with E-state index in [-0.39, 0.29) is 6.10 Å². The fraction of sp³-hybridized carbons (Fsp3) is 0.625. The van der Waals surface area contributed by atoms with E-state index in [4.69, 9.17) is 4.74 Å². The molecule has 2 fully saturated rings. The van der Waals surface area contributed by atoms with Gasteiger partial charge in [-0.3, -0.25) is 0 Å². The Morgan fingerprint density at radius 3 is 2.94 bits per heavy atom. The minimum atomic E-state index is -0.581. The van der Waals surface area contributed by atoms with E-state index in [1.165, 1.54) is 11.1 Å². The maximum Gasteiger partial charge on any atom is 0.100 e. The fourth-order valence-electron chi connectivity index (χ4n) is 3.62. The third-order valence-corrected chi connectivity index (χ3v) is 4.52. The lowest BCUT2D eigenvalue weighted by Crippen LogP contribution is -2.36. The van der Waals surface area contributed by atoms with Gasteiger partial charge in [-0.2, -0.15) is 0 Å². The second-order valence-corrected chi connectivity index (χ2v) is 5.83. The molecule has 1 aliphatic carbocycles. The molecule has 1 aliphatic heterocycles. The van der Waals surface area contributed by atoms with Crippen molar-refractivity contribution in [2.24, 2.45) is 11.8 Å². The van der Waals surface area contributed by atoms with E-state index >= 15 is 0 Å². The fourth-order valence-corrected chi connectivity index (χ4v) is 3.62. The summed E-state index contributed by atoms with van der Waals surface area (Å²) in [5.74, 6) is 1.04. The number of aryl methyl sites for hydroxylation is 1. The van der Waals surface area contributed by atoms with Gasteiger partial charge in [-0.15, -0.1) is 0 Å². The molecule has 0 radical (unpaired) electrons. The van der Waals surface area contributed by atoms with Gasteiger partial charge >= 0.3 is 0 Å². The van der Waals surface area contributed by atoms with Gasteiger partial charge in [0, 0.05) is 6.61 Å². The molecule has 1 heterocycles. The molecule has 3 rings (SSSR count). The summed E-state index contributed by atoms with van der Waals surface area (Å²) in [6.45, 7) is 2.90. The molecule has 18 heavy (non-hydrogen) atoms. The molecule has 1 unspecified atom stereocenters. The van der Waals surface area contributed by atoms with Crippen molar-refractivity contribution in [3.8, 4) is 0 Å². The van der Waals surface area contributed by atoms with Gasteiger partial charge in [0.1, 0.15) is 6.17 Å². The number of halogens is 1. The van der Waals surface area contributed by atoms with Gasteiger partial charge in [0.2, 0.25) is 0 Å². The Bertz CT molecular complexity index is 417. The first-order chi connectivity index (χ1) is 8.74. The monoisotopic (exact) mass is 248 g/mol. The van der Waals surface area contributed by atoms with Gasteiger partial charge in [-0.1, -0.05) is 29.8 Å². The smallest absolute Gasteiger partial charge is 0.100 e. The Morgan fingerprint density at radius 1 is 1.22 bits per heavy atom. The second-order valence-electron chi connectivity index (χ2n) is 5.83. The van der Waals surface area contributed by atoms with Crippen molar-refractivity contribution in [2.45, 2.75) is 44.9 Å². The number of hydrogen-bond donors (Lipinski definition) is 0. The van der Waals surface area contributed by atoms with Crippen LogP contribution < -0.4 is 0 Å². The third-order valence-electron chi connectivity index (χ3n) is 4.52. The zero-order valence-electron chi connectivity index (χ0n) is 10.9. The first kappa shape index (κ1) is 12.2. The van der Waals surface area contributed by atoms with E-state index in [0.29, 0.717) is 18.3 Å². The maximum atomic E-state index is 13.5. The Hall–Kier alpha value is -0.890. The molecule has 0 amide bonds. The van der Waals surface area contributed by atoms with Crippen LogP contribution in [0.1, 0.15) is 42.9 Å². The molecule has 0 spiro atoms. The summed E-state index contributed by atoms with van der Waals surface area (Å²) >= 11 is 0. The highest BCUT2D eigenvalue weighted by molar-refractivity contribution is 5.25. The highest BCUT2D eigenvalue weighted by Gasteiger charge is 2.39. The van der Waals surface area contributed by atoms with E-state index in [0.717, 1.165) is 25.9 Å². The van der Waals surface area contributed by atoms with Crippen LogP contribution in [0.2, 0.25) is 0 Å². The van der Waals surface area contributed by atoms with E-state index in [2.05, 4.69) is 31.2 Å². The molecule has 1 aromatic carbocycles. The minimum absolute atomic E-state index is 0.191. The van der Waals surface area contributed by atoms with Crippen LogP contribution in [0.25, 0.3) is 0 Å². The summed E-state index contributed by atoms with van der Waals surface area (Å²) in [7, 11) is 0. The van der Waals surface area contributed by atoms with E-state index in [1.54, 1.807) is 0 Å². The van der Waals surface area contributed by atoms with Crippen molar-refractivity contribution in [3.05, 3.63) is 35.4 Å². The molecule has 4 atom stereocenters. The lowest BCUT2D eigenvalue weighted by atomic mass is 9.71. The van der Waals surface area contributed by atoms with Crippen LogP contribution in [0.5, 0.6) is 0 Å². The first-order valence-electron chi connectivity index (χ1n) is 7.06. The normalized spacial score (nSPS) is 36.1. The van der Waals surface area contributed by atoms with Crippen molar-refractivity contribution in [1.82, 2.24) is 0 Å². The number of fused-ring (bicyclic) bond motifs is 1. The molecule has 0 aromatic heterocycles. The van der Waals surface area contributed by atoms with Crippen LogP contribution in [0, 0.1) is 18.8 Å². The maximum absolute atomic E-state index is 13.5. The molecule has 2 heteroatoms. The highest BCUT2D eigenvalue weighted by Crippen LogP contribution is 2.46. The van der Waals surface area contributed by atoms with E-state index in [9.17, 15) is 4.39 Å². The molecule has 0 N–H and O–H groups in total. The summed E-state index contributed by atoms with van der Waals surface area (Å²) in [4.78, 5) is 0. The number of hydrogen-bond acceptors (Lipinski definition) is 1. The predicted molar refractivity (Wildman–Crippen MR) is 70.2 cm³/mol. The first-order valence-corrected chi connectivity index (χ1v) is 7.06. The summed E-state index contributed by atoms with van der Waals surface area (Å²) < 4.78 is 19.5. The SMILES string of the molecule is Cc1cccc([C@H]2OCC[C@H]3CC(F)CC[C@@H]32)c1. The van der Waals surface area contributed by atoms with Crippen LogP contribution >= 0.6 is 0 Å². The number of benzene rings is 1. The molecule has 2 aliphatic rings. The van der Waals surface area contributed by atoms with Crippen LogP contribution in [0.3, 0.4) is 0 Å². The largest absolute Gasteiger partial charge is 0.373 e. The molecular formula is C16H21FO. The second kappa shape index (κ2) is 5.00. The van der Waals surface area contributed by atoms with Crippen LogP contribution in [0.4, 0.5) is 4.39 Å². The van der Waals surface area contributed by atoms with E-state index < -0.39 is 6.17 Å². The standard InChI is InChI=1S/C16H21FO/c1-11-3-2-4-13(9-11)16-15-6-5-14(17)10-12(15)7-8-18-16/h2-4,9,12,14-16H,5-8,10H2,1H3/t12-,14?,15-,16+/m0/s1.